The fraction of sp³-hybridized carbons (Fsp3) is 0.429. The Labute approximate surface area is 236 Å². The van der Waals surface area contributed by atoms with E-state index in [1.807, 2.05) is 5.32 Å². The number of rotatable bonds is 14. The number of nitrogens with two attached hydrogens (primary N) is 1. The number of sulfonamides is 1. The van der Waals surface area contributed by atoms with Crippen LogP contribution in [0.15, 0.2) is 34.3 Å². The summed E-state index contributed by atoms with van der Waals surface area (Å²) in [6, 6.07) is 3.83. The number of hydrogen-bond acceptors (Lipinski definition) is 9. The van der Waals surface area contributed by atoms with Crippen LogP contribution in [-0.2, 0) is 19.6 Å². The number of carbonyl (C=O) groups is 2. The minimum Gasteiger partial charge on any atom is -0.478 e. The quantitative estimate of drug-likeness (QED) is 0.122. The molecule has 2 rings (SSSR count). The van der Waals surface area contributed by atoms with E-state index in [-0.39, 0.29) is 37.4 Å². The second kappa shape index (κ2) is 13.7. The Hall–Kier alpha value is -2.30. The third-order valence-electron chi connectivity index (χ3n) is 4.86. The highest BCUT2D eigenvalue weighted by molar-refractivity contribution is 7.99. The van der Waals surface area contributed by atoms with Gasteiger partial charge in [-0.2, -0.15) is 0 Å². The van der Waals surface area contributed by atoms with Gasteiger partial charge in [0.15, 0.2) is 0 Å². The maximum absolute atomic E-state index is 13.7. The van der Waals surface area contributed by atoms with E-state index in [0.29, 0.717) is 6.61 Å². The molecule has 1 heterocycles. The Morgan fingerprint density at radius 2 is 1.97 bits per heavy atom. The van der Waals surface area contributed by atoms with Crippen LogP contribution in [0.1, 0.15) is 0 Å². The van der Waals surface area contributed by atoms with Gasteiger partial charge in [0, 0.05) is 20.4 Å². The first-order chi connectivity index (χ1) is 17.7. The van der Waals surface area contributed by atoms with Crippen LogP contribution in [0.25, 0.3) is 0 Å². The lowest BCUT2D eigenvalue weighted by Crippen LogP contribution is -2.45. The molecule has 0 aliphatic rings. The summed E-state index contributed by atoms with van der Waals surface area (Å²) in [5, 5.41) is 11.0. The maximum Gasteiger partial charge on any atom is 0.405 e. The summed E-state index contributed by atoms with van der Waals surface area (Å²) < 4.78 is 39.4. The molecule has 0 radical (unpaired) electrons. The minimum absolute atomic E-state index is 0.0520. The van der Waals surface area contributed by atoms with Gasteiger partial charge in [-0.25, -0.2) is 27.5 Å². The van der Waals surface area contributed by atoms with Crippen molar-refractivity contribution in [2.45, 2.75) is 41.6 Å². The van der Waals surface area contributed by atoms with Crippen molar-refractivity contribution in [3.05, 3.63) is 34.4 Å². The Balaban J connectivity index is 2.44. The Kier molecular flexibility index (Phi) is 11.5. The van der Waals surface area contributed by atoms with Crippen molar-refractivity contribution in [2.24, 2.45) is 5.73 Å². The zero-order valence-corrected chi connectivity index (χ0v) is 25.2. The molecule has 0 bridgehead atoms. The van der Waals surface area contributed by atoms with Gasteiger partial charge in [-0.15, -0.1) is 11.8 Å². The first kappa shape index (κ1) is 31.9. The second-order valence-electron chi connectivity index (χ2n) is 9.01. The van der Waals surface area contributed by atoms with Crippen molar-refractivity contribution in [1.29, 1.82) is 0 Å². The molecule has 0 unspecified atom stereocenters. The highest BCUT2D eigenvalue weighted by atomic mass is 35.5. The fourth-order valence-electron chi connectivity index (χ4n) is 2.81. The van der Waals surface area contributed by atoms with Gasteiger partial charge in [0.25, 0.3) is 15.9 Å². The van der Waals surface area contributed by atoms with Crippen molar-refractivity contribution < 1.29 is 32.6 Å². The molecule has 0 fully saturated rings. The minimum atomic E-state index is -4.34. The number of carbonyl (C=O) groups excluding carboxylic acids is 1. The molecular formula is C21H29Cl2N5O7S2Si. The van der Waals surface area contributed by atoms with Crippen molar-refractivity contribution in [3.63, 3.8) is 0 Å². The lowest BCUT2D eigenvalue weighted by molar-refractivity contribution is -0.119. The van der Waals surface area contributed by atoms with Crippen LogP contribution in [-0.4, -0.2) is 75.8 Å². The molecule has 1 aromatic carbocycles. The molecule has 210 valence electrons. The standard InChI is InChI=1S/C21H29Cl2N5O7S2Si/c1-34-20-19(25-10-16(27-20)36-11-14(18(24)29)26-21(30)31)28(12-35-8-9-38(2,3)4)37(32,33)15-7-5-6-13(22)17(15)23/h5-7,10,14,26H,8-9,11-12H2,1-4H3,(H2,24,29)(H,30,31)/t14-/m0/s1. The van der Waals surface area contributed by atoms with E-state index in [1.165, 1.54) is 31.5 Å². The van der Waals surface area contributed by atoms with Crippen LogP contribution >= 0.6 is 35.0 Å². The molecule has 2 aromatic rings. The Morgan fingerprint density at radius 3 is 2.55 bits per heavy atom. The molecule has 1 atom stereocenters. The van der Waals surface area contributed by atoms with Gasteiger partial charge in [-0.3, -0.25) is 4.79 Å². The van der Waals surface area contributed by atoms with E-state index < -0.39 is 42.9 Å². The molecule has 0 aliphatic carbocycles. The second-order valence-corrected chi connectivity index (χ2v) is 18.3. The smallest absolute Gasteiger partial charge is 0.405 e. The zero-order chi connectivity index (χ0) is 28.7. The average molecular weight is 627 g/mol. The summed E-state index contributed by atoms with van der Waals surface area (Å²) in [4.78, 5) is 30.7. The first-order valence-corrected chi connectivity index (χ1v) is 17.9. The Morgan fingerprint density at radius 1 is 1.29 bits per heavy atom. The summed E-state index contributed by atoms with van der Waals surface area (Å²) in [5.74, 6) is -1.29. The number of nitrogens with zero attached hydrogens (tertiary/aromatic N) is 3. The normalized spacial score (nSPS) is 12.6. The number of benzene rings is 1. The number of nitrogens with one attached hydrogen (secondary N) is 1. The van der Waals surface area contributed by atoms with Gasteiger partial charge in [-0.1, -0.05) is 48.9 Å². The van der Waals surface area contributed by atoms with Gasteiger partial charge in [0.2, 0.25) is 11.7 Å². The highest BCUT2D eigenvalue weighted by Crippen LogP contribution is 2.35. The number of carboxylic acid groups (broad SMARTS) is 1. The summed E-state index contributed by atoms with van der Waals surface area (Å²) in [5.41, 5.74) is 5.24. The van der Waals surface area contributed by atoms with E-state index in [2.05, 4.69) is 29.6 Å². The molecule has 0 aliphatic heterocycles. The first-order valence-electron chi connectivity index (χ1n) is 11.0. The van der Waals surface area contributed by atoms with Crippen LogP contribution in [0.4, 0.5) is 10.6 Å². The predicted molar refractivity (Wildman–Crippen MR) is 149 cm³/mol. The molecule has 0 saturated heterocycles. The molecule has 0 spiro atoms. The van der Waals surface area contributed by atoms with Crippen LogP contribution in [0.3, 0.4) is 0 Å². The summed E-state index contributed by atoms with van der Waals surface area (Å²) in [6.07, 6.45) is -0.158. The van der Waals surface area contributed by atoms with Crippen molar-refractivity contribution >= 4 is 70.9 Å². The number of amides is 2. The number of ether oxygens (including phenoxy) is 2. The lowest BCUT2D eigenvalue weighted by Gasteiger charge is -2.25. The third-order valence-corrected chi connectivity index (χ3v) is 10.2. The highest BCUT2D eigenvalue weighted by Gasteiger charge is 2.32. The van der Waals surface area contributed by atoms with Gasteiger partial charge in [0.05, 0.1) is 23.4 Å². The fourth-order valence-corrected chi connectivity index (χ4v) is 6.47. The van der Waals surface area contributed by atoms with Crippen LogP contribution in [0.5, 0.6) is 5.88 Å². The zero-order valence-electron chi connectivity index (χ0n) is 21.1. The maximum atomic E-state index is 13.7. The summed E-state index contributed by atoms with van der Waals surface area (Å²) >= 11 is 13.3. The van der Waals surface area contributed by atoms with E-state index in [0.717, 1.165) is 22.1 Å². The summed E-state index contributed by atoms with van der Waals surface area (Å²) in [7, 11) is -4.52. The number of halogens is 2. The van der Waals surface area contributed by atoms with E-state index in [4.69, 9.17) is 43.5 Å². The van der Waals surface area contributed by atoms with E-state index >= 15 is 0 Å². The third kappa shape index (κ3) is 8.88. The molecule has 0 saturated carbocycles. The number of methoxy groups -OCH3 is 1. The van der Waals surface area contributed by atoms with Crippen LogP contribution in [0, 0.1) is 0 Å². The van der Waals surface area contributed by atoms with Gasteiger partial charge >= 0.3 is 6.09 Å². The van der Waals surface area contributed by atoms with Crippen molar-refractivity contribution in [3.8, 4) is 5.88 Å². The topological polar surface area (TPSA) is 174 Å². The SMILES string of the molecule is COc1nc(SC[C@H](NC(=O)O)C(N)=O)cnc1N(COCC[Si](C)(C)C)S(=O)(=O)c1cccc(Cl)c1Cl. The van der Waals surface area contributed by atoms with Crippen LogP contribution < -0.4 is 20.1 Å². The van der Waals surface area contributed by atoms with E-state index in [9.17, 15) is 18.0 Å². The van der Waals surface area contributed by atoms with Gasteiger partial charge in [0.1, 0.15) is 22.7 Å². The number of thioether (sulfide) groups is 1. The largest absolute Gasteiger partial charge is 0.478 e. The molecule has 12 nitrogen and oxygen atoms in total. The van der Waals surface area contributed by atoms with Crippen molar-refractivity contribution in [1.82, 2.24) is 15.3 Å². The van der Waals surface area contributed by atoms with Gasteiger partial charge in [-0.05, 0) is 18.2 Å². The molecule has 1 aromatic heterocycles. The molecule has 2 amide bonds. The predicted octanol–water partition coefficient (Wildman–Crippen LogP) is 3.51. The molecule has 38 heavy (non-hydrogen) atoms. The van der Waals surface area contributed by atoms with Crippen molar-refractivity contribution in [2.75, 3.05) is 30.5 Å². The average Bonchev–Trinajstić information content (AvgIpc) is 2.82. The number of aromatic nitrogens is 2. The summed E-state index contributed by atoms with van der Waals surface area (Å²) in [6.45, 7) is 6.40. The molecule has 17 heteroatoms. The van der Waals surface area contributed by atoms with E-state index in [1.54, 1.807) is 0 Å². The number of primary amides is 1. The number of hydrogen-bond donors (Lipinski definition) is 3. The molecule has 4 N–H and O–H groups in total. The Bertz CT molecular complexity index is 1270. The lowest BCUT2D eigenvalue weighted by atomic mass is 10.3. The van der Waals surface area contributed by atoms with Crippen LogP contribution in [0.2, 0.25) is 35.7 Å². The molecular weight excluding hydrogens is 597 g/mol. The number of anilines is 1. The monoisotopic (exact) mass is 625 g/mol. The van der Waals surface area contributed by atoms with Gasteiger partial charge < -0.3 is 25.6 Å².